The van der Waals surface area contributed by atoms with Gasteiger partial charge in [-0.2, -0.15) is 5.10 Å². The molecule has 26 heavy (non-hydrogen) atoms. The number of esters is 1. The lowest BCUT2D eigenvalue weighted by Gasteiger charge is -2.34. The van der Waals surface area contributed by atoms with E-state index >= 15 is 0 Å². The molecule has 0 spiro atoms. The zero-order valence-electron chi connectivity index (χ0n) is 16.2. The maximum absolute atomic E-state index is 12.6. The van der Waals surface area contributed by atoms with Crippen LogP contribution in [0.1, 0.15) is 62.8 Å². The number of nitrogens with zero attached hydrogens (tertiary/aromatic N) is 3. The molecule has 0 radical (unpaired) electrons. The second-order valence-corrected chi connectivity index (χ2v) is 7.33. The fourth-order valence-corrected chi connectivity index (χ4v) is 2.92. The fourth-order valence-electron chi connectivity index (χ4n) is 2.92. The van der Waals surface area contributed by atoms with Crippen LogP contribution in [0.4, 0.5) is 4.79 Å². The maximum Gasteiger partial charge on any atom is 0.410 e. The summed E-state index contributed by atoms with van der Waals surface area (Å²) in [4.78, 5) is 26.7. The van der Waals surface area contributed by atoms with E-state index in [-0.39, 0.29) is 19.2 Å². The highest BCUT2D eigenvalue weighted by Crippen LogP contribution is 2.28. The Balaban J connectivity index is 2.37. The minimum absolute atomic E-state index is 0.0802. The Hall–Kier alpha value is -2.49. The highest BCUT2D eigenvalue weighted by molar-refractivity contribution is 5.90. The van der Waals surface area contributed by atoms with E-state index in [4.69, 9.17) is 15.9 Å². The lowest BCUT2D eigenvalue weighted by atomic mass is 10.00. The molecular formula is C19H27N3O4. The largest absolute Gasteiger partial charge is 0.461 e. The molecule has 0 N–H and O–H groups in total. The Morgan fingerprint density at radius 3 is 2.65 bits per heavy atom. The molecule has 0 saturated carbocycles. The van der Waals surface area contributed by atoms with E-state index in [1.165, 1.54) is 0 Å². The van der Waals surface area contributed by atoms with Crippen LogP contribution in [0.5, 0.6) is 0 Å². The van der Waals surface area contributed by atoms with E-state index in [1.54, 1.807) is 16.5 Å². The van der Waals surface area contributed by atoms with Crippen molar-refractivity contribution in [2.75, 3.05) is 6.61 Å². The van der Waals surface area contributed by atoms with E-state index in [0.717, 1.165) is 5.69 Å². The first-order valence-corrected chi connectivity index (χ1v) is 8.86. The molecule has 2 heterocycles. The minimum Gasteiger partial charge on any atom is -0.461 e. The molecule has 1 amide bonds. The second kappa shape index (κ2) is 7.81. The standard InChI is InChI=1S/C19H27N3O4/c1-7-9-10-22-16(17(23)25-8-2)14-12-21(13(3)11-15(14)20-22)18(24)26-19(4,5)6/h1,13H,8-12H2,2-6H3/t13-/m1/s1. The van der Waals surface area contributed by atoms with Gasteiger partial charge in [0.2, 0.25) is 0 Å². The molecule has 0 aliphatic carbocycles. The first kappa shape index (κ1) is 19.8. The van der Waals surface area contributed by atoms with Gasteiger partial charge in [0.05, 0.1) is 25.4 Å². The average Bonchev–Trinajstić information content (AvgIpc) is 2.87. The number of carbonyl (C=O) groups is 2. The van der Waals surface area contributed by atoms with Crippen molar-refractivity contribution >= 4 is 12.1 Å². The Morgan fingerprint density at radius 2 is 2.08 bits per heavy atom. The zero-order valence-corrected chi connectivity index (χ0v) is 16.2. The first-order valence-electron chi connectivity index (χ1n) is 8.86. The molecule has 142 valence electrons. The van der Waals surface area contributed by atoms with Crippen molar-refractivity contribution in [1.29, 1.82) is 0 Å². The van der Waals surface area contributed by atoms with Crippen molar-refractivity contribution in [2.45, 2.75) is 72.2 Å². The third-order valence-corrected chi connectivity index (χ3v) is 4.05. The van der Waals surface area contributed by atoms with Gasteiger partial charge in [0, 0.05) is 24.4 Å². The molecule has 1 aliphatic heterocycles. The molecule has 0 bridgehead atoms. The Bertz CT molecular complexity index is 724. The van der Waals surface area contributed by atoms with Gasteiger partial charge in [0.15, 0.2) is 5.69 Å². The minimum atomic E-state index is -0.585. The van der Waals surface area contributed by atoms with Gasteiger partial charge in [-0.15, -0.1) is 12.3 Å². The molecule has 0 fully saturated rings. The highest BCUT2D eigenvalue weighted by Gasteiger charge is 2.36. The number of aromatic nitrogens is 2. The smallest absolute Gasteiger partial charge is 0.410 e. The van der Waals surface area contributed by atoms with Gasteiger partial charge in [-0.1, -0.05) is 0 Å². The van der Waals surface area contributed by atoms with Gasteiger partial charge in [-0.3, -0.25) is 4.68 Å². The molecule has 0 aromatic carbocycles. The van der Waals surface area contributed by atoms with Gasteiger partial charge >= 0.3 is 12.1 Å². The van der Waals surface area contributed by atoms with E-state index in [9.17, 15) is 9.59 Å². The average molecular weight is 361 g/mol. The lowest BCUT2D eigenvalue weighted by Crippen LogP contribution is -2.45. The van der Waals surface area contributed by atoms with Crippen LogP contribution in [0.2, 0.25) is 0 Å². The third-order valence-electron chi connectivity index (χ3n) is 4.05. The summed E-state index contributed by atoms with van der Waals surface area (Å²) in [7, 11) is 0. The molecule has 7 heteroatoms. The van der Waals surface area contributed by atoms with Crippen molar-refractivity contribution in [1.82, 2.24) is 14.7 Å². The quantitative estimate of drug-likeness (QED) is 0.609. The molecule has 0 unspecified atom stereocenters. The van der Waals surface area contributed by atoms with E-state index in [1.807, 2.05) is 27.7 Å². The van der Waals surface area contributed by atoms with Crippen molar-refractivity contribution < 1.29 is 19.1 Å². The molecule has 7 nitrogen and oxygen atoms in total. The number of rotatable bonds is 4. The molecule has 1 atom stereocenters. The van der Waals surface area contributed by atoms with Crippen LogP contribution < -0.4 is 0 Å². The number of terminal acetylenes is 1. The molecule has 1 aromatic rings. The topological polar surface area (TPSA) is 73.7 Å². The van der Waals surface area contributed by atoms with E-state index in [2.05, 4.69) is 11.0 Å². The summed E-state index contributed by atoms with van der Waals surface area (Å²) in [6.45, 7) is 10.1. The van der Waals surface area contributed by atoms with Gasteiger partial charge < -0.3 is 14.4 Å². The summed E-state index contributed by atoms with van der Waals surface area (Å²) < 4.78 is 12.3. The predicted octanol–water partition coefficient (Wildman–Crippen LogP) is 2.76. The van der Waals surface area contributed by atoms with Crippen molar-refractivity contribution in [3.05, 3.63) is 17.0 Å². The number of fused-ring (bicyclic) bond motifs is 1. The number of ether oxygens (including phenoxy) is 2. The molecule has 2 rings (SSSR count). The van der Waals surface area contributed by atoms with Crippen LogP contribution in [0.3, 0.4) is 0 Å². The summed E-state index contributed by atoms with van der Waals surface area (Å²) in [5.74, 6) is 2.11. The van der Waals surface area contributed by atoms with E-state index < -0.39 is 17.7 Å². The predicted molar refractivity (Wildman–Crippen MR) is 96.6 cm³/mol. The van der Waals surface area contributed by atoms with Gasteiger partial charge in [-0.25, -0.2) is 9.59 Å². The molecule has 1 aliphatic rings. The second-order valence-electron chi connectivity index (χ2n) is 7.33. The number of amides is 1. The molecular weight excluding hydrogens is 334 g/mol. The Morgan fingerprint density at radius 1 is 1.38 bits per heavy atom. The van der Waals surface area contributed by atoms with E-state index in [0.29, 0.717) is 30.6 Å². The number of hydrogen-bond donors (Lipinski definition) is 0. The number of carbonyl (C=O) groups excluding carboxylic acids is 2. The van der Waals surface area contributed by atoms with Crippen LogP contribution in [-0.2, 0) is 29.0 Å². The van der Waals surface area contributed by atoms with Crippen LogP contribution >= 0.6 is 0 Å². The van der Waals surface area contributed by atoms with Gasteiger partial charge in [0.25, 0.3) is 0 Å². The summed E-state index contributed by atoms with van der Waals surface area (Å²) >= 11 is 0. The fraction of sp³-hybridized carbons (Fsp3) is 0.632. The van der Waals surface area contributed by atoms with Gasteiger partial charge in [0.1, 0.15) is 5.60 Å². The summed E-state index contributed by atoms with van der Waals surface area (Å²) in [5, 5.41) is 4.55. The van der Waals surface area contributed by atoms with Gasteiger partial charge in [-0.05, 0) is 34.6 Å². The van der Waals surface area contributed by atoms with Crippen molar-refractivity contribution in [3.63, 3.8) is 0 Å². The van der Waals surface area contributed by atoms with Crippen molar-refractivity contribution in [3.8, 4) is 12.3 Å². The molecule has 1 aromatic heterocycles. The monoisotopic (exact) mass is 361 g/mol. The van der Waals surface area contributed by atoms with Crippen LogP contribution in [0.25, 0.3) is 0 Å². The lowest BCUT2D eigenvalue weighted by molar-refractivity contribution is 0.0134. The maximum atomic E-state index is 12.6. The summed E-state index contributed by atoms with van der Waals surface area (Å²) in [6.07, 6.45) is 5.95. The highest BCUT2D eigenvalue weighted by atomic mass is 16.6. The summed E-state index contributed by atoms with van der Waals surface area (Å²) in [5.41, 5.74) is 1.30. The van der Waals surface area contributed by atoms with Crippen LogP contribution in [0, 0.1) is 12.3 Å². The van der Waals surface area contributed by atoms with Crippen molar-refractivity contribution in [2.24, 2.45) is 0 Å². The molecule has 0 saturated heterocycles. The van der Waals surface area contributed by atoms with Crippen LogP contribution in [-0.4, -0.2) is 45.0 Å². The van der Waals surface area contributed by atoms with Crippen LogP contribution in [0.15, 0.2) is 0 Å². The zero-order chi connectivity index (χ0) is 19.5. The number of hydrogen-bond acceptors (Lipinski definition) is 5. The number of aryl methyl sites for hydroxylation is 1. The summed E-state index contributed by atoms with van der Waals surface area (Å²) in [6, 6.07) is -0.0802. The SMILES string of the molecule is C#CCCn1nc2c(c1C(=O)OCC)CN(C(=O)OC(C)(C)C)[C@H](C)C2. The Labute approximate surface area is 154 Å². The normalized spacial score (nSPS) is 16.6. The third kappa shape index (κ3) is 4.37. The Kier molecular flexibility index (Phi) is 5.96. The first-order chi connectivity index (χ1) is 12.2.